The molecule has 0 saturated heterocycles. The molecule has 1 aliphatic rings. The summed E-state index contributed by atoms with van der Waals surface area (Å²) in [6, 6.07) is -0.248. The summed E-state index contributed by atoms with van der Waals surface area (Å²) in [6.45, 7) is 6.76. The van der Waals surface area contributed by atoms with Crippen LogP contribution in [0.1, 0.15) is 68.6 Å². The highest BCUT2D eigenvalue weighted by Crippen LogP contribution is 2.33. The number of rotatable bonds is 7. The van der Waals surface area contributed by atoms with E-state index < -0.39 is 90.2 Å². The predicted molar refractivity (Wildman–Crippen MR) is 138 cm³/mol. The van der Waals surface area contributed by atoms with Gasteiger partial charge in [-0.3, -0.25) is 4.79 Å². The first kappa shape index (κ1) is 34.7. The number of fused-ring (bicyclic) bond motifs is 1. The second-order valence-corrected chi connectivity index (χ2v) is 10.8. The molecule has 0 bridgehead atoms. The summed E-state index contributed by atoms with van der Waals surface area (Å²) < 4.78 is 93.5. The van der Waals surface area contributed by atoms with Gasteiger partial charge in [0, 0.05) is 31.6 Å². The highest BCUT2D eigenvalue weighted by molar-refractivity contribution is 5.89. The standard InChI is InChI=1S/C26H30F6N4O5.ClH/c1-13(2)40-22(38)21-19-12-35(6-7-36(19)23(34-21)26(30,31)32)20(37)10-15(33-24(39)41-25(3,4)5)8-14-9-17(28)18(29)11-16(14)27;/h9,11,13,15H,6-8,10,12H2,1-5H3,(H,33,39);1H/t15-;/m1./s1. The number of nitrogens with zero attached hydrogens (tertiary/aromatic N) is 3. The minimum Gasteiger partial charge on any atom is -0.458 e. The van der Waals surface area contributed by atoms with Crippen LogP contribution in [-0.4, -0.2) is 56.7 Å². The zero-order valence-electron chi connectivity index (χ0n) is 23.4. The first-order chi connectivity index (χ1) is 18.9. The van der Waals surface area contributed by atoms with Crippen LogP contribution in [0, 0.1) is 17.5 Å². The smallest absolute Gasteiger partial charge is 0.449 e. The Hall–Kier alpha value is -3.49. The van der Waals surface area contributed by atoms with E-state index in [0.29, 0.717) is 12.1 Å². The van der Waals surface area contributed by atoms with Crippen LogP contribution < -0.4 is 5.32 Å². The molecule has 2 amide bonds. The highest BCUT2D eigenvalue weighted by atomic mass is 35.5. The molecule has 0 saturated carbocycles. The van der Waals surface area contributed by atoms with Crippen LogP contribution >= 0.6 is 12.4 Å². The lowest BCUT2D eigenvalue weighted by Gasteiger charge is -2.31. The van der Waals surface area contributed by atoms with Crippen LogP contribution in [0.15, 0.2) is 12.1 Å². The maximum Gasteiger partial charge on any atom is 0.449 e. The van der Waals surface area contributed by atoms with E-state index in [1.807, 2.05) is 0 Å². The van der Waals surface area contributed by atoms with Gasteiger partial charge < -0.3 is 24.3 Å². The topological polar surface area (TPSA) is 103 Å². The SMILES string of the molecule is CC(C)OC(=O)c1nc(C(F)(F)F)n2c1CN(C(=O)C[C@@H](Cc1cc(F)c(F)cc1F)NC(=O)OC(C)(C)C)CC2.Cl. The molecule has 42 heavy (non-hydrogen) atoms. The quantitative estimate of drug-likeness (QED) is 0.258. The maximum atomic E-state index is 14.4. The number of carbonyl (C=O) groups excluding carboxylic acids is 3. The monoisotopic (exact) mass is 628 g/mol. The highest BCUT2D eigenvalue weighted by Gasteiger charge is 2.42. The molecule has 1 N–H and O–H groups in total. The summed E-state index contributed by atoms with van der Waals surface area (Å²) >= 11 is 0. The molecule has 1 aromatic carbocycles. The van der Waals surface area contributed by atoms with Crippen LogP contribution in [0.25, 0.3) is 0 Å². The van der Waals surface area contributed by atoms with E-state index in [-0.39, 0.29) is 36.8 Å². The number of imidazole rings is 1. The van der Waals surface area contributed by atoms with E-state index in [4.69, 9.17) is 9.47 Å². The molecule has 0 fully saturated rings. The Labute approximate surface area is 243 Å². The molecule has 1 aliphatic heterocycles. The number of carbonyl (C=O) groups is 3. The minimum atomic E-state index is -4.88. The van der Waals surface area contributed by atoms with Gasteiger partial charge in [0.05, 0.1) is 18.3 Å². The summed E-state index contributed by atoms with van der Waals surface area (Å²) in [7, 11) is 0. The number of esters is 1. The van der Waals surface area contributed by atoms with Gasteiger partial charge in [-0.1, -0.05) is 0 Å². The third-order valence-electron chi connectivity index (χ3n) is 5.85. The molecule has 9 nitrogen and oxygen atoms in total. The normalized spacial score (nSPS) is 14.1. The Bertz CT molecular complexity index is 1330. The Balaban J connectivity index is 0.00000616. The number of hydrogen-bond acceptors (Lipinski definition) is 6. The van der Waals surface area contributed by atoms with E-state index in [9.17, 15) is 40.7 Å². The molecule has 1 aromatic heterocycles. The molecule has 16 heteroatoms. The van der Waals surface area contributed by atoms with Crippen molar-refractivity contribution in [3.63, 3.8) is 0 Å². The zero-order valence-corrected chi connectivity index (χ0v) is 24.2. The molecular formula is C26H31ClF6N4O5. The van der Waals surface area contributed by atoms with Gasteiger partial charge in [-0.2, -0.15) is 13.2 Å². The molecule has 2 aromatic rings. The molecule has 234 valence electrons. The van der Waals surface area contributed by atoms with Gasteiger partial charge >= 0.3 is 18.2 Å². The number of hydrogen-bond donors (Lipinski definition) is 1. The molecular weight excluding hydrogens is 598 g/mol. The van der Waals surface area contributed by atoms with Gasteiger partial charge in [0.25, 0.3) is 0 Å². The maximum absolute atomic E-state index is 14.4. The first-order valence-electron chi connectivity index (χ1n) is 12.6. The van der Waals surface area contributed by atoms with Crippen LogP contribution in [-0.2, 0) is 40.0 Å². The van der Waals surface area contributed by atoms with Crippen molar-refractivity contribution in [1.29, 1.82) is 0 Å². The number of aromatic nitrogens is 2. The first-order valence-corrected chi connectivity index (χ1v) is 12.6. The number of benzene rings is 1. The summed E-state index contributed by atoms with van der Waals surface area (Å²) in [5.41, 5.74) is -2.04. The fourth-order valence-electron chi connectivity index (χ4n) is 4.20. The zero-order chi connectivity index (χ0) is 30.9. The average molecular weight is 629 g/mol. The van der Waals surface area contributed by atoms with E-state index in [0.717, 1.165) is 9.47 Å². The molecule has 0 unspecified atom stereocenters. The fourth-order valence-corrected chi connectivity index (χ4v) is 4.20. The van der Waals surface area contributed by atoms with Gasteiger partial charge in [-0.05, 0) is 52.7 Å². The molecule has 0 spiro atoms. The average Bonchev–Trinajstić information content (AvgIpc) is 3.20. The number of halogens is 7. The number of amides is 2. The molecule has 2 heterocycles. The molecule has 3 rings (SSSR count). The van der Waals surface area contributed by atoms with E-state index in [2.05, 4.69) is 10.3 Å². The van der Waals surface area contributed by atoms with Gasteiger partial charge in [0.15, 0.2) is 17.3 Å². The largest absolute Gasteiger partial charge is 0.458 e. The van der Waals surface area contributed by atoms with E-state index >= 15 is 0 Å². The summed E-state index contributed by atoms with van der Waals surface area (Å²) in [4.78, 5) is 42.9. The fraction of sp³-hybridized carbons (Fsp3) is 0.538. The Morgan fingerprint density at radius 1 is 1.02 bits per heavy atom. The van der Waals surface area contributed by atoms with Gasteiger partial charge in [-0.25, -0.2) is 27.7 Å². The minimum absolute atomic E-state index is 0. The lowest BCUT2D eigenvalue weighted by molar-refractivity contribution is -0.148. The summed E-state index contributed by atoms with van der Waals surface area (Å²) in [6.07, 6.45) is -7.45. The lowest BCUT2D eigenvalue weighted by Crippen LogP contribution is -2.45. The lowest BCUT2D eigenvalue weighted by atomic mass is 10.0. The van der Waals surface area contributed by atoms with Crippen molar-refractivity contribution in [2.24, 2.45) is 0 Å². The number of nitrogens with one attached hydrogen (secondary N) is 1. The van der Waals surface area contributed by atoms with Crippen LogP contribution in [0.3, 0.4) is 0 Å². The van der Waals surface area contributed by atoms with Crippen LogP contribution in [0.2, 0.25) is 0 Å². The number of alkyl carbamates (subject to hydrolysis) is 1. The van der Waals surface area contributed by atoms with Crippen molar-refractivity contribution in [3.8, 4) is 0 Å². The van der Waals surface area contributed by atoms with Crippen molar-refractivity contribution in [2.75, 3.05) is 6.54 Å². The van der Waals surface area contributed by atoms with Crippen molar-refractivity contribution in [3.05, 3.63) is 52.4 Å². The molecule has 1 atom stereocenters. The summed E-state index contributed by atoms with van der Waals surface area (Å²) in [5.74, 6) is -6.95. The molecule has 0 aliphatic carbocycles. The third-order valence-corrected chi connectivity index (χ3v) is 5.85. The van der Waals surface area contributed by atoms with Crippen LogP contribution in [0.4, 0.5) is 31.1 Å². The van der Waals surface area contributed by atoms with E-state index in [1.165, 1.54) is 13.8 Å². The Kier molecular flexibility index (Phi) is 10.9. The second-order valence-electron chi connectivity index (χ2n) is 10.8. The summed E-state index contributed by atoms with van der Waals surface area (Å²) in [5, 5.41) is 2.42. The molecule has 0 radical (unpaired) electrons. The van der Waals surface area contributed by atoms with Crippen molar-refractivity contribution in [2.45, 2.75) is 84.5 Å². The van der Waals surface area contributed by atoms with Gasteiger partial charge in [0.1, 0.15) is 11.4 Å². The van der Waals surface area contributed by atoms with Crippen molar-refractivity contribution < 1.29 is 50.2 Å². The van der Waals surface area contributed by atoms with Gasteiger partial charge in [0.2, 0.25) is 11.7 Å². The van der Waals surface area contributed by atoms with E-state index in [1.54, 1.807) is 20.8 Å². The third kappa shape index (κ3) is 8.76. The van der Waals surface area contributed by atoms with Crippen molar-refractivity contribution >= 4 is 30.4 Å². The predicted octanol–water partition coefficient (Wildman–Crippen LogP) is 5.17. The number of alkyl halides is 3. The Morgan fingerprint density at radius 2 is 1.64 bits per heavy atom. The Morgan fingerprint density at radius 3 is 2.21 bits per heavy atom. The van der Waals surface area contributed by atoms with Gasteiger partial charge in [-0.15, -0.1) is 12.4 Å². The second kappa shape index (κ2) is 13.2. The number of ether oxygens (including phenoxy) is 2. The van der Waals surface area contributed by atoms with Crippen LogP contribution in [0.5, 0.6) is 0 Å². The van der Waals surface area contributed by atoms with Crippen molar-refractivity contribution in [1.82, 2.24) is 19.8 Å².